The number of carbonyl (C=O) groups excluding carboxylic acids is 2. The highest BCUT2D eigenvalue weighted by atomic mass is 32.2. The van der Waals surface area contributed by atoms with Gasteiger partial charge >= 0.3 is 0 Å². The highest BCUT2D eigenvalue weighted by Gasteiger charge is 2.34. The van der Waals surface area contributed by atoms with E-state index in [1.54, 1.807) is 20.8 Å². The number of sulfonamides is 1. The summed E-state index contributed by atoms with van der Waals surface area (Å²) in [5, 5.41) is 2.99. The Balaban J connectivity index is 1.48. The van der Waals surface area contributed by atoms with E-state index in [4.69, 9.17) is 0 Å². The molecular weight excluding hydrogens is 402 g/mol. The highest BCUT2D eigenvalue weighted by molar-refractivity contribution is 7.90. The molecule has 3 rings (SSSR count). The zero-order chi connectivity index (χ0) is 21.9. The van der Waals surface area contributed by atoms with Crippen molar-refractivity contribution in [2.24, 2.45) is 5.92 Å². The van der Waals surface area contributed by atoms with Crippen LogP contribution in [0.5, 0.6) is 0 Å². The topological polar surface area (TPSA) is 95.6 Å². The van der Waals surface area contributed by atoms with Crippen LogP contribution in [0.3, 0.4) is 0 Å². The van der Waals surface area contributed by atoms with Gasteiger partial charge in [0.15, 0.2) is 0 Å². The van der Waals surface area contributed by atoms with E-state index in [-0.39, 0.29) is 17.9 Å². The molecule has 2 fully saturated rings. The number of hydrogen-bond acceptors (Lipinski definition) is 5. The van der Waals surface area contributed by atoms with E-state index in [1.165, 1.54) is 0 Å². The molecule has 7 nitrogen and oxygen atoms in total. The molecule has 0 spiro atoms. The van der Waals surface area contributed by atoms with Gasteiger partial charge in [0.25, 0.3) is 0 Å². The van der Waals surface area contributed by atoms with Crippen molar-refractivity contribution < 1.29 is 18.0 Å². The van der Waals surface area contributed by atoms with E-state index in [1.807, 2.05) is 24.3 Å². The van der Waals surface area contributed by atoms with Crippen molar-refractivity contribution in [2.45, 2.75) is 70.1 Å². The minimum atomic E-state index is -3.37. The Morgan fingerprint density at radius 2 is 1.57 bits per heavy atom. The van der Waals surface area contributed by atoms with E-state index in [0.717, 1.165) is 24.5 Å². The first-order valence-electron chi connectivity index (χ1n) is 10.7. The lowest BCUT2D eigenvalue weighted by Gasteiger charge is -2.31. The van der Waals surface area contributed by atoms with Crippen LogP contribution in [-0.4, -0.2) is 44.0 Å². The Morgan fingerprint density at radius 1 is 1.00 bits per heavy atom. The van der Waals surface area contributed by atoms with Gasteiger partial charge in [0, 0.05) is 49.3 Å². The molecule has 8 heteroatoms. The minimum absolute atomic E-state index is 0.0107. The van der Waals surface area contributed by atoms with Crippen molar-refractivity contribution in [2.75, 3.05) is 23.3 Å². The Bertz CT molecular complexity index is 857. The average Bonchev–Trinajstić information content (AvgIpc) is 2.68. The van der Waals surface area contributed by atoms with Gasteiger partial charge in [-0.05, 0) is 70.7 Å². The van der Waals surface area contributed by atoms with Gasteiger partial charge in [-0.25, -0.2) is 13.1 Å². The molecule has 1 aliphatic heterocycles. The van der Waals surface area contributed by atoms with Gasteiger partial charge in [0.1, 0.15) is 5.78 Å². The van der Waals surface area contributed by atoms with Crippen molar-refractivity contribution in [3.8, 4) is 0 Å². The summed E-state index contributed by atoms with van der Waals surface area (Å²) in [6.07, 6.45) is 3.85. The van der Waals surface area contributed by atoms with E-state index < -0.39 is 14.8 Å². The third kappa shape index (κ3) is 5.60. The van der Waals surface area contributed by atoms with Crippen molar-refractivity contribution in [3.63, 3.8) is 0 Å². The molecule has 2 aliphatic rings. The highest BCUT2D eigenvalue weighted by Crippen LogP contribution is 2.28. The third-order valence-electron chi connectivity index (χ3n) is 6.05. The summed E-state index contributed by atoms with van der Waals surface area (Å²) in [5.41, 5.74) is 1.82. The van der Waals surface area contributed by atoms with E-state index >= 15 is 0 Å². The first kappa shape index (κ1) is 22.7. The van der Waals surface area contributed by atoms with Crippen molar-refractivity contribution in [1.29, 1.82) is 0 Å². The van der Waals surface area contributed by atoms with Crippen LogP contribution in [0.2, 0.25) is 0 Å². The number of ketones is 1. The molecule has 1 aliphatic carbocycles. The maximum Gasteiger partial charge on any atom is 0.227 e. The summed E-state index contributed by atoms with van der Waals surface area (Å²) in [4.78, 5) is 26.2. The number of carbonyl (C=O) groups is 2. The summed E-state index contributed by atoms with van der Waals surface area (Å²) in [7, 11) is -3.37. The molecule has 1 aromatic rings. The second kappa shape index (κ2) is 9.06. The molecule has 166 valence electrons. The summed E-state index contributed by atoms with van der Waals surface area (Å²) in [5.74, 6) is 0.202. The molecule has 2 N–H and O–H groups in total. The van der Waals surface area contributed by atoms with E-state index in [2.05, 4.69) is 14.9 Å². The molecule has 30 heavy (non-hydrogen) atoms. The van der Waals surface area contributed by atoms with Crippen LogP contribution < -0.4 is 14.9 Å². The van der Waals surface area contributed by atoms with Crippen LogP contribution in [0.1, 0.15) is 59.3 Å². The Hall–Kier alpha value is -1.93. The number of amides is 1. The molecule has 1 aromatic carbocycles. The first-order chi connectivity index (χ1) is 14.0. The second-order valence-electron chi connectivity index (χ2n) is 9.34. The number of anilines is 2. The van der Waals surface area contributed by atoms with Gasteiger partial charge in [-0.3, -0.25) is 9.59 Å². The summed E-state index contributed by atoms with van der Waals surface area (Å²) in [6.45, 7) is 6.54. The lowest BCUT2D eigenvalue weighted by molar-refractivity contribution is -0.121. The normalized spacial score (nSPS) is 23.3. The maximum atomic E-state index is 12.6. The van der Waals surface area contributed by atoms with E-state index in [0.29, 0.717) is 44.3 Å². The molecule has 0 radical (unpaired) electrons. The zero-order valence-electron chi connectivity index (χ0n) is 18.1. The molecule has 0 aromatic heterocycles. The van der Waals surface area contributed by atoms with Crippen LogP contribution in [-0.2, 0) is 19.6 Å². The standard InChI is InChI=1S/C22H33N3O4S/c1-22(2,3)30(28,29)24-18-6-4-16(5-7-18)21(27)23-17-8-10-19(11-9-17)25-14-12-20(26)13-15-25/h8-11,16,18,24H,4-7,12-15H2,1-3H3,(H,23,27)/t16-,18-. The average molecular weight is 436 g/mol. The van der Waals surface area contributed by atoms with Gasteiger partial charge < -0.3 is 10.2 Å². The Morgan fingerprint density at radius 3 is 2.10 bits per heavy atom. The fourth-order valence-corrected chi connectivity index (χ4v) is 4.91. The second-order valence-corrected chi connectivity index (χ2v) is 11.8. The van der Waals surface area contributed by atoms with Crippen molar-refractivity contribution >= 4 is 33.1 Å². The maximum absolute atomic E-state index is 12.6. The summed E-state index contributed by atoms with van der Waals surface area (Å²) < 4.78 is 26.6. The first-order valence-corrected chi connectivity index (χ1v) is 12.2. The Labute approximate surface area is 179 Å². The minimum Gasteiger partial charge on any atom is -0.371 e. The fourth-order valence-electron chi connectivity index (χ4n) is 3.88. The number of Topliss-reactive ketones (excluding diaryl/α,β-unsaturated/α-hetero) is 1. The van der Waals surface area contributed by atoms with Crippen LogP contribution >= 0.6 is 0 Å². The summed E-state index contributed by atoms with van der Waals surface area (Å²) in [6, 6.07) is 7.64. The molecule has 0 atom stereocenters. The largest absolute Gasteiger partial charge is 0.371 e. The number of nitrogens with zero attached hydrogens (tertiary/aromatic N) is 1. The zero-order valence-corrected chi connectivity index (χ0v) is 18.9. The van der Waals surface area contributed by atoms with Crippen molar-refractivity contribution in [1.82, 2.24) is 4.72 Å². The van der Waals surface area contributed by atoms with Crippen LogP contribution in [0, 0.1) is 5.92 Å². The van der Waals surface area contributed by atoms with Crippen LogP contribution in [0.25, 0.3) is 0 Å². The van der Waals surface area contributed by atoms with E-state index in [9.17, 15) is 18.0 Å². The molecule has 0 unspecified atom stereocenters. The predicted molar refractivity (Wildman–Crippen MR) is 119 cm³/mol. The number of nitrogens with one attached hydrogen (secondary N) is 2. The number of rotatable bonds is 5. The molecule has 1 heterocycles. The van der Waals surface area contributed by atoms with Gasteiger partial charge in [-0.15, -0.1) is 0 Å². The lowest BCUT2D eigenvalue weighted by atomic mass is 9.86. The predicted octanol–water partition coefficient (Wildman–Crippen LogP) is 3.07. The number of piperidine rings is 1. The monoisotopic (exact) mass is 435 g/mol. The summed E-state index contributed by atoms with van der Waals surface area (Å²) >= 11 is 0. The molecule has 1 saturated carbocycles. The number of benzene rings is 1. The van der Waals surface area contributed by atoms with Crippen molar-refractivity contribution in [3.05, 3.63) is 24.3 Å². The molecule has 0 bridgehead atoms. The SMILES string of the molecule is CC(C)(C)S(=O)(=O)N[C@H]1CC[C@H](C(=O)Nc2ccc(N3CCC(=O)CC3)cc2)CC1. The third-order valence-corrected chi connectivity index (χ3v) is 8.30. The smallest absolute Gasteiger partial charge is 0.227 e. The Kier molecular flexibility index (Phi) is 6.87. The lowest BCUT2D eigenvalue weighted by Crippen LogP contribution is -2.46. The van der Waals surface area contributed by atoms with Crippen LogP contribution in [0.15, 0.2) is 24.3 Å². The molecule has 1 saturated heterocycles. The quantitative estimate of drug-likeness (QED) is 0.741. The number of hydrogen-bond donors (Lipinski definition) is 2. The fraction of sp³-hybridized carbons (Fsp3) is 0.636. The van der Waals surface area contributed by atoms with Gasteiger partial charge in [-0.1, -0.05) is 0 Å². The van der Waals surface area contributed by atoms with Gasteiger partial charge in [-0.2, -0.15) is 0 Å². The molecule has 1 amide bonds. The molecular formula is C22H33N3O4S. The van der Waals surface area contributed by atoms with Gasteiger partial charge in [0.05, 0.1) is 4.75 Å². The van der Waals surface area contributed by atoms with Gasteiger partial charge in [0.2, 0.25) is 15.9 Å². The van der Waals surface area contributed by atoms with Crippen LogP contribution in [0.4, 0.5) is 11.4 Å².